The third-order valence-corrected chi connectivity index (χ3v) is 2.89. The van der Waals surface area contributed by atoms with Gasteiger partial charge >= 0.3 is 0 Å². The van der Waals surface area contributed by atoms with Crippen LogP contribution in [0, 0.1) is 11.3 Å². The Bertz CT molecular complexity index is 631. The second-order valence-corrected chi connectivity index (χ2v) is 4.30. The lowest BCUT2D eigenvalue weighted by Gasteiger charge is -2.18. The number of pyridine rings is 1. The van der Waals surface area contributed by atoms with E-state index in [0.29, 0.717) is 12.1 Å². The molecule has 2 rings (SSSR count). The van der Waals surface area contributed by atoms with Crippen LogP contribution in [0.3, 0.4) is 0 Å². The van der Waals surface area contributed by atoms with Gasteiger partial charge in [0.25, 0.3) is 5.91 Å². The smallest absolute Gasteiger partial charge is 0.254 e. The van der Waals surface area contributed by atoms with Gasteiger partial charge in [-0.05, 0) is 30.7 Å². The number of rotatable bonds is 4. The molecule has 1 heterocycles. The van der Waals surface area contributed by atoms with Crippen molar-refractivity contribution in [3.63, 3.8) is 0 Å². The van der Waals surface area contributed by atoms with Crippen molar-refractivity contribution in [1.82, 2.24) is 9.88 Å². The van der Waals surface area contributed by atoms with Gasteiger partial charge in [-0.15, -0.1) is 0 Å². The Hall–Kier alpha value is -2.41. The van der Waals surface area contributed by atoms with Crippen LogP contribution in [0.1, 0.15) is 23.7 Å². The number of carbonyl (C=O) groups excluding carboxylic acids is 1. The van der Waals surface area contributed by atoms with E-state index in [9.17, 15) is 4.79 Å². The number of benzene rings is 1. The number of hydrogen-bond donors (Lipinski definition) is 0. The van der Waals surface area contributed by atoms with Crippen LogP contribution < -0.4 is 0 Å². The molecule has 0 aliphatic heterocycles. The highest BCUT2D eigenvalue weighted by Crippen LogP contribution is 2.15. The molecule has 0 bridgehead atoms. The molecule has 1 aromatic carbocycles. The molecule has 0 aliphatic carbocycles. The number of nitrogens with zero attached hydrogens (tertiary/aromatic N) is 3. The van der Waals surface area contributed by atoms with Crippen molar-refractivity contribution in [2.24, 2.45) is 0 Å². The van der Waals surface area contributed by atoms with E-state index in [4.69, 9.17) is 5.26 Å². The Labute approximate surface area is 112 Å². The van der Waals surface area contributed by atoms with Crippen molar-refractivity contribution in [2.45, 2.75) is 13.3 Å². The molecule has 1 amide bonds. The quantitative estimate of drug-likeness (QED) is 0.787. The molecule has 1 aromatic heterocycles. The van der Waals surface area contributed by atoms with Crippen LogP contribution in [0.4, 0.5) is 0 Å². The van der Waals surface area contributed by atoms with Crippen molar-refractivity contribution in [3.05, 3.63) is 42.1 Å². The van der Waals surface area contributed by atoms with Crippen molar-refractivity contribution in [1.29, 1.82) is 5.26 Å². The van der Waals surface area contributed by atoms with E-state index in [1.54, 1.807) is 17.2 Å². The van der Waals surface area contributed by atoms with Crippen LogP contribution in [0.5, 0.6) is 0 Å². The van der Waals surface area contributed by atoms with Crippen LogP contribution in [-0.4, -0.2) is 28.9 Å². The summed E-state index contributed by atoms with van der Waals surface area (Å²) in [5.41, 5.74) is 1.46. The standard InChI is InChI=1S/C15H15N3O/c1-2-9-18(10-7-16)15(19)13-5-6-14-12(11-13)4-3-8-17-14/h3-6,8,11H,2,9-10H2,1H3. The Kier molecular flexibility index (Phi) is 4.09. The molecule has 0 fully saturated rings. The fourth-order valence-corrected chi connectivity index (χ4v) is 2.00. The first-order valence-electron chi connectivity index (χ1n) is 6.27. The molecule has 0 unspecified atom stereocenters. The Balaban J connectivity index is 2.32. The van der Waals surface area contributed by atoms with Gasteiger partial charge in [0, 0.05) is 23.7 Å². The van der Waals surface area contributed by atoms with E-state index >= 15 is 0 Å². The molecule has 96 valence electrons. The predicted molar refractivity (Wildman–Crippen MR) is 73.6 cm³/mol. The highest BCUT2D eigenvalue weighted by atomic mass is 16.2. The van der Waals surface area contributed by atoms with E-state index in [1.807, 2.05) is 37.3 Å². The monoisotopic (exact) mass is 253 g/mol. The summed E-state index contributed by atoms with van der Waals surface area (Å²) in [5.74, 6) is -0.103. The lowest BCUT2D eigenvalue weighted by Crippen LogP contribution is -2.32. The van der Waals surface area contributed by atoms with Gasteiger partial charge in [0.2, 0.25) is 0 Å². The van der Waals surface area contributed by atoms with Crippen LogP contribution >= 0.6 is 0 Å². The molecule has 4 heteroatoms. The molecule has 0 radical (unpaired) electrons. The van der Waals surface area contributed by atoms with Gasteiger partial charge < -0.3 is 4.90 Å². The molecule has 0 atom stereocenters. The predicted octanol–water partition coefficient (Wildman–Crippen LogP) is 2.61. The molecule has 0 saturated heterocycles. The van der Waals surface area contributed by atoms with E-state index < -0.39 is 0 Å². The van der Waals surface area contributed by atoms with Crippen molar-refractivity contribution < 1.29 is 4.79 Å². The number of fused-ring (bicyclic) bond motifs is 1. The number of aromatic nitrogens is 1. The highest BCUT2D eigenvalue weighted by Gasteiger charge is 2.14. The second kappa shape index (κ2) is 5.96. The third-order valence-electron chi connectivity index (χ3n) is 2.89. The lowest BCUT2D eigenvalue weighted by molar-refractivity contribution is 0.0776. The molecule has 2 aromatic rings. The summed E-state index contributed by atoms with van der Waals surface area (Å²) in [6.07, 6.45) is 2.56. The molecule has 19 heavy (non-hydrogen) atoms. The topological polar surface area (TPSA) is 57.0 Å². The first-order chi connectivity index (χ1) is 9.26. The molecule has 0 spiro atoms. The Morgan fingerprint density at radius 1 is 1.42 bits per heavy atom. The van der Waals surface area contributed by atoms with Crippen molar-refractivity contribution in [3.8, 4) is 6.07 Å². The molecule has 0 saturated carbocycles. The summed E-state index contributed by atoms with van der Waals surface area (Å²) < 4.78 is 0. The van der Waals surface area contributed by atoms with Crippen molar-refractivity contribution in [2.75, 3.05) is 13.1 Å². The SMILES string of the molecule is CCCN(CC#N)C(=O)c1ccc2ncccc2c1. The van der Waals surface area contributed by atoms with E-state index in [-0.39, 0.29) is 12.5 Å². The fraction of sp³-hybridized carbons (Fsp3) is 0.267. The first-order valence-corrected chi connectivity index (χ1v) is 6.27. The van der Waals surface area contributed by atoms with Crippen LogP contribution in [0.2, 0.25) is 0 Å². The maximum atomic E-state index is 12.3. The van der Waals surface area contributed by atoms with Crippen LogP contribution in [0.15, 0.2) is 36.5 Å². The Morgan fingerprint density at radius 2 is 2.26 bits per heavy atom. The van der Waals surface area contributed by atoms with E-state index in [2.05, 4.69) is 4.98 Å². The first kappa shape index (κ1) is 13.0. The number of hydrogen-bond acceptors (Lipinski definition) is 3. The van der Waals surface area contributed by atoms with E-state index in [0.717, 1.165) is 17.3 Å². The van der Waals surface area contributed by atoms with Gasteiger partial charge in [-0.25, -0.2) is 0 Å². The summed E-state index contributed by atoms with van der Waals surface area (Å²) in [7, 11) is 0. The lowest BCUT2D eigenvalue weighted by atomic mass is 10.1. The normalized spacial score (nSPS) is 10.1. The second-order valence-electron chi connectivity index (χ2n) is 4.30. The van der Waals surface area contributed by atoms with Gasteiger partial charge in [-0.1, -0.05) is 13.0 Å². The molecule has 0 N–H and O–H groups in total. The van der Waals surface area contributed by atoms with Gasteiger partial charge in [-0.2, -0.15) is 5.26 Å². The summed E-state index contributed by atoms with van der Waals surface area (Å²) in [6, 6.07) is 11.2. The van der Waals surface area contributed by atoms with Gasteiger partial charge in [0.05, 0.1) is 11.6 Å². The average Bonchev–Trinajstić information content (AvgIpc) is 2.46. The fourth-order valence-electron chi connectivity index (χ4n) is 2.00. The third kappa shape index (κ3) is 2.89. The number of carbonyl (C=O) groups is 1. The molecular weight excluding hydrogens is 238 g/mol. The zero-order chi connectivity index (χ0) is 13.7. The maximum absolute atomic E-state index is 12.3. The van der Waals surface area contributed by atoms with Gasteiger partial charge in [-0.3, -0.25) is 9.78 Å². The Morgan fingerprint density at radius 3 is 3.00 bits per heavy atom. The number of amides is 1. The zero-order valence-corrected chi connectivity index (χ0v) is 10.8. The molecule has 0 aliphatic rings. The summed E-state index contributed by atoms with van der Waals surface area (Å²) >= 11 is 0. The number of nitriles is 1. The van der Waals surface area contributed by atoms with Gasteiger partial charge in [0.15, 0.2) is 0 Å². The molecule has 4 nitrogen and oxygen atoms in total. The minimum absolute atomic E-state index is 0.103. The van der Waals surface area contributed by atoms with Crippen LogP contribution in [-0.2, 0) is 0 Å². The highest BCUT2D eigenvalue weighted by molar-refractivity contribution is 5.98. The zero-order valence-electron chi connectivity index (χ0n) is 10.8. The van der Waals surface area contributed by atoms with Gasteiger partial charge in [0.1, 0.15) is 6.54 Å². The molecular formula is C15H15N3O. The minimum atomic E-state index is -0.103. The van der Waals surface area contributed by atoms with E-state index in [1.165, 1.54) is 0 Å². The van der Waals surface area contributed by atoms with Crippen molar-refractivity contribution >= 4 is 16.8 Å². The summed E-state index contributed by atoms with van der Waals surface area (Å²) in [5, 5.41) is 9.71. The minimum Gasteiger partial charge on any atom is -0.325 e. The van der Waals surface area contributed by atoms with Crippen LogP contribution in [0.25, 0.3) is 10.9 Å². The summed E-state index contributed by atoms with van der Waals surface area (Å²) in [4.78, 5) is 18.1. The summed E-state index contributed by atoms with van der Waals surface area (Å²) in [6.45, 7) is 2.71. The largest absolute Gasteiger partial charge is 0.325 e. The maximum Gasteiger partial charge on any atom is 0.254 e. The average molecular weight is 253 g/mol.